The van der Waals surface area contributed by atoms with Crippen LogP contribution in [0.3, 0.4) is 0 Å². The van der Waals surface area contributed by atoms with Gasteiger partial charge >= 0.3 is 0 Å². The molecule has 0 saturated carbocycles. The average Bonchev–Trinajstić information content (AvgIpc) is 2.88. The summed E-state index contributed by atoms with van der Waals surface area (Å²) in [5.41, 5.74) is 2.95. The molecule has 6 nitrogen and oxygen atoms in total. The predicted octanol–water partition coefficient (Wildman–Crippen LogP) is 2.36. The molecule has 3 aromatic rings. The molecule has 1 aliphatic rings. The second-order valence-electron chi connectivity index (χ2n) is 7.05. The lowest BCUT2D eigenvalue weighted by molar-refractivity contribution is 0.0761. The molecule has 3 heterocycles. The van der Waals surface area contributed by atoms with Crippen LogP contribution in [-0.2, 0) is 13.5 Å². The first-order chi connectivity index (χ1) is 13.2. The number of benzene rings is 1. The molecule has 4 rings (SSSR count). The van der Waals surface area contributed by atoms with Gasteiger partial charge in [0.2, 0.25) is 0 Å². The maximum absolute atomic E-state index is 12.6. The molecule has 1 saturated heterocycles. The minimum atomic E-state index is 0.106. The van der Waals surface area contributed by atoms with Crippen LogP contribution in [0.15, 0.2) is 48.8 Å². The van der Waals surface area contributed by atoms with Crippen LogP contribution in [-0.4, -0.2) is 63.0 Å². The van der Waals surface area contributed by atoms with Gasteiger partial charge in [-0.15, -0.1) is 0 Å². The van der Waals surface area contributed by atoms with E-state index in [1.807, 2.05) is 11.0 Å². The minimum absolute atomic E-state index is 0.106. The molecule has 0 atom stereocenters. The fourth-order valence-corrected chi connectivity index (χ4v) is 3.75. The largest absolute Gasteiger partial charge is 0.337 e. The molecule has 6 heteroatoms. The maximum Gasteiger partial charge on any atom is 0.254 e. The number of nitrogens with zero attached hydrogens (tertiary/aromatic N) is 5. The number of aromatic nitrogens is 3. The molecule has 1 aliphatic heterocycles. The van der Waals surface area contributed by atoms with E-state index in [1.54, 1.807) is 24.5 Å². The molecule has 0 unspecified atom stereocenters. The Labute approximate surface area is 159 Å². The van der Waals surface area contributed by atoms with Gasteiger partial charge < -0.3 is 14.4 Å². The summed E-state index contributed by atoms with van der Waals surface area (Å²) in [6.45, 7) is 4.47. The molecule has 0 aliphatic carbocycles. The Morgan fingerprint density at radius 1 is 1.04 bits per heavy atom. The van der Waals surface area contributed by atoms with E-state index in [2.05, 4.69) is 39.7 Å². The van der Waals surface area contributed by atoms with Crippen LogP contribution < -0.4 is 0 Å². The minimum Gasteiger partial charge on any atom is -0.337 e. The van der Waals surface area contributed by atoms with Gasteiger partial charge in [-0.25, -0.2) is 4.98 Å². The van der Waals surface area contributed by atoms with Gasteiger partial charge in [-0.05, 0) is 37.2 Å². The van der Waals surface area contributed by atoms with Crippen LogP contribution in [0.1, 0.15) is 22.6 Å². The van der Waals surface area contributed by atoms with E-state index in [-0.39, 0.29) is 5.91 Å². The summed E-state index contributed by atoms with van der Waals surface area (Å²) in [6.07, 6.45) is 5.27. The molecule has 0 N–H and O–H groups in total. The Bertz CT molecular complexity index is 921. The molecule has 1 fully saturated rings. The number of aryl methyl sites for hydroxylation is 1. The zero-order valence-corrected chi connectivity index (χ0v) is 15.7. The standard InChI is InChI=1S/C21H25N5O/c1-24-19-6-3-2-5-18(19)23-20(24)9-14-25-12-4-13-26(16-15-25)21(27)17-7-10-22-11-8-17/h2-3,5-8,10-11H,4,9,12-16H2,1H3. The van der Waals surface area contributed by atoms with Gasteiger partial charge in [-0.3, -0.25) is 9.78 Å². The zero-order valence-electron chi connectivity index (χ0n) is 15.7. The highest BCUT2D eigenvalue weighted by Crippen LogP contribution is 2.15. The monoisotopic (exact) mass is 363 g/mol. The summed E-state index contributed by atoms with van der Waals surface area (Å²) in [4.78, 5) is 25.8. The van der Waals surface area contributed by atoms with Crippen molar-refractivity contribution in [3.05, 3.63) is 60.2 Å². The summed E-state index contributed by atoms with van der Waals surface area (Å²) < 4.78 is 2.19. The van der Waals surface area contributed by atoms with Crippen LogP contribution in [0.2, 0.25) is 0 Å². The summed E-state index contributed by atoms with van der Waals surface area (Å²) >= 11 is 0. The van der Waals surface area contributed by atoms with E-state index in [0.29, 0.717) is 0 Å². The number of fused-ring (bicyclic) bond motifs is 1. The first-order valence-corrected chi connectivity index (χ1v) is 9.54. The lowest BCUT2D eigenvalue weighted by Crippen LogP contribution is -2.35. The van der Waals surface area contributed by atoms with E-state index in [4.69, 9.17) is 4.98 Å². The first kappa shape index (κ1) is 17.7. The molecular weight excluding hydrogens is 338 g/mol. The number of para-hydroxylation sites is 2. The van der Waals surface area contributed by atoms with Crippen molar-refractivity contribution in [2.45, 2.75) is 12.8 Å². The molecule has 1 aromatic carbocycles. The normalized spacial score (nSPS) is 15.8. The number of pyridine rings is 1. The maximum atomic E-state index is 12.6. The molecule has 2 aromatic heterocycles. The second kappa shape index (κ2) is 7.88. The van der Waals surface area contributed by atoms with Crippen LogP contribution >= 0.6 is 0 Å². The smallest absolute Gasteiger partial charge is 0.254 e. The van der Waals surface area contributed by atoms with Crippen molar-refractivity contribution < 1.29 is 4.79 Å². The van der Waals surface area contributed by atoms with Crippen LogP contribution in [0.4, 0.5) is 0 Å². The third-order valence-electron chi connectivity index (χ3n) is 5.33. The van der Waals surface area contributed by atoms with Crippen molar-refractivity contribution in [1.29, 1.82) is 0 Å². The third kappa shape index (κ3) is 3.85. The van der Waals surface area contributed by atoms with Crippen LogP contribution in [0.25, 0.3) is 11.0 Å². The van der Waals surface area contributed by atoms with Gasteiger partial charge in [0.15, 0.2) is 0 Å². The Morgan fingerprint density at radius 2 is 1.85 bits per heavy atom. The highest BCUT2D eigenvalue weighted by molar-refractivity contribution is 5.94. The van der Waals surface area contributed by atoms with Crippen molar-refractivity contribution >= 4 is 16.9 Å². The van der Waals surface area contributed by atoms with Crippen molar-refractivity contribution in [1.82, 2.24) is 24.3 Å². The lowest BCUT2D eigenvalue weighted by atomic mass is 10.2. The van der Waals surface area contributed by atoms with E-state index < -0.39 is 0 Å². The number of imidazole rings is 1. The molecule has 0 bridgehead atoms. The third-order valence-corrected chi connectivity index (χ3v) is 5.33. The fraction of sp³-hybridized carbons (Fsp3) is 0.381. The van der Waals surface area contributed by atoms with E-state index in [0.717, 1.165) is 62.5 Å². The predicted molar refractivity (Wildman–Crippen MR) is 106 cm³/mol. The zero-order chi connectivity index (χ0) is 18.6. The number of hydrogen-bond donors (Lipinski definition) is 0. The summed E-state index contributed by atoms with van der Waals surface area (Å²) in [7, 11) is 2.09. The molecular formula is C21H25N5O. The fourth-order valence-electron chi connectivity index (χ4n) is 3.75. The molecule has 0 spiro atoms. The molecule has 0 radical (unpaired) electrons. The lowest BCUT2D eigenvalue weighted by Gasteiger charge is -2.22. The number of hydrogen-bond acceptors (Lipinski definition) is 4. The van der Waals surface area contributed by atoms with Gasteiger partial charge in [0.05, 0.1) is 11.0 Å². The summed E-state index contributed by atoms with van der Waals surface area (Å²) in [5, 5.41) is 0. The number of rotatable bonds is 4. The van der Waals surface area contributed by atoms with Crippen molar-refractivity contribution in [3.63, 3.8) is 0 Å². The van der Waals surface area contributed by atoms with E-state index >= 15 is 0 Å². The van der Waals surface area contributed by atoms with E-state index in [9.17, 15) is 4.79 Å². The van der Waals surface area contributed by atoms with Gasteiger partial charge in [0.1, 0.15) is 5.82 Å². The highest BCUT2D eigenvalue weighted by Gasteiger charge is 2.20. The number of carbonyl (C=O) groups is 1. The Kier molecular flexibility index (Phi) is 5.16. The Hall–Kier alpha value is -2.73. The summed E-state index contributed by atoms with van der Waals surface area (Å²) in [6, 6.07) is 11.8. The van der Waals surface area contributed by atoms with Crippen molar-refractivity contribution in [3.8, 4) is 0 Å². The van der Waals surface area contributed by atoms with Gasteiger partial charge in [0.25, 0.3) is 5.91 Å². The van der Waals surface area contributed by atoms with Crippen LogP contribution in [0.5, 0.6) is 0 Å². The van der Waals surface area contributed by atoms with Crippen molar-refractivity contribution in [2.75, 3.05) is 32.7 Å². The first-order valence-electron chi connectivity index (χ1n) is 9.54. The number of carbonyl (C=O) groups excluding carboxylic acids is 1. The topological polar surface area (TPSA) is 54.3 Å². The Morgan fingerprint density at radius 3 is 2.67 bits per heavy atom. The SMILES string of the molecule is Cn1c(CCN2CCCN(C(=O)c3ccncc3)CC2)nc2ccccc21. The summed E-state index contributed by atoms with van der Waals surface area (Å²) in [5.74, 6) is 1.22. The molecule has 27 heavy (non-hydrogen) atoms. The quantitative estimate of drug-likeness (QED) is 0.714. The van der Waals surface area contributed by atoms with Crippen molar-refractivity contribution in [2.24, 2.45) is 7.05 Å². The highest BCUT2D eigenvalue weighted by atomic mass is 16.2. The van der Waals surface area contributed by atoms with Gasteiger partial charge in [0, 0.05) is 57.6 Å². The molecule has 1 amide bonds. The Balaban J connectivity index is 1.36. The van der Waals surface area contributed by atoms with E-state index in [1.165, 1.54) is 5.52 Å². The average molecular weight is 363 g/mol. The number of amides is 1. The molecule has 140 valence electrons. The van der Waals surface area contributed by atoms with Gasteiger partial charge in [-0.1, -0.05) is 12.1 Å². The van der Waals surface area contributed by atoms with Crippen LogP contribution in [0, 0.1) is 0 Å². The van der Waals surface area contributed by atoms with Gasteiger partial charge in [-0.2, -0.15) is 0 Å². The second-order valence-corrected chi connectivity index (χ2v) is 7.05.